The van der Waals surface area contributed by atoms with E-state index in [1.54, 1.807) is 11.9 Å². The van der Waals surface area contributed by atoms with Crippen LogP contribution >= 0.6 is 0 Å². The summed E-state index contributed by atoms with van der Waals surface area (Å²) in [5.41, 5.74) is 1.39. The molecule has 0 atom stereocenters. The Morgan fingerprint density at radius 3 is 2.70 bits per heavy atom. The summed E-state index contributed by atoms with van der Waals surface area (Å²) in [6.07, 6.45) is 5.14. The monoisotopic (exact) mass is 408 g/mol. The fraction of sp³-hybridized carbons (Fsp3) is 0.333. The van der Waals surface area contributed by atoms with E-state index < -0.39 is 11.2 Å². The van der Waals surface area contributed by atoms with E-state index in [4.69, 9.17) is 0 Å². The van der Waals surface area contributed by atoms with Gasteiger partial charge in [0.25, 0.3) is 5.56 Å². The number of hydrogen-bond acceptors (Lipinski definition) is 5. The summed E-state index contributed by atoms with van der Waals surface area (Å²) in [7, 11) is 2.99. The van der Waals surface area contributed by atoms with Crippen molar-refractivity contribution < 1.29 is 4.79 Å². The summed E-state index contributed by atoms with van der Waals surface area (Å²) < 4.78 is 2.35. The average molecular weight is 408 g/mol. The number of carbonyl (C=O) groups is 1. The standard InChI is InChI=1S/C21H24N6O3/c1-24-14-15(19(29)25(2)21(24)30)8-9-18(28)26-10-5-11-27(13-12-26)20-22-16-6-3-4-7-17(16)23-20/h3-4,6-9,14H,5,10-13H2,1-2H3,(H,22,23)/b9-8+. The molecule has 1 aromatic carbocycles. The quantitative estimate of drug-likeness (QED) is 0.644. The minimum atomic E-state index is -0.422. The number of amides is 1. The van der Waals surface area contributed by atoms with Crippen molar-refractivity contribution in [2.45, 2.75) is 6.42 Å². The molecule has 1 N–H and O–H groups in total. The number of H-pyrrole nitrogens is 1. The SMILES string of the molecule is Cn1cc(/C=C/C(=O)N2CCCN(c3nc4ccccc4[nH]3)CC2)c(=O)n(C)c1=O. The number of fused-ring (bicyclic) bond motifs is 1. The van der Waals surface area contributed by atoms with Crippen LogP contribution in [0.4, 0.5) is 5.95 Å². The van der Waals surface area contributed by atoms with Crippen LogP contribution in [0.5, 0.6) is 0 Å². The molecule has 0 saturated carbocycles. The van der Waals surface area contributed by atoms with Crippen molar-refractivity contribution in [2.75, 3.05) is 31.1 Å². The maximum Gasteiger partial charge on any atom is 0.330 e. The van der Waals surface area contributed by atoms with Gasteiger partial charge >= 0.3 is 5.69 Å². The van der Waals surface area contributed by atoms with Crippen LogP contribution in [0.25, 0.3) is 17.1 Å². The second-order valence-corrected chi connectivity index (χ2v) is 7.42. The van der Waals surface area contributed by atoms with Crippen molar-refractivity contribution in [1.29, 1.82) is 0 Å². The van der Waals surface area contributed by atoms with Crippen LogP contribution < -0.4 is 16.1 Å². The number of anilines is 1. The fourth-order valence-corrected chi connectivity index (χ4v) is 3.66. The Morgan fingerprint density at radius 1 is 1.10 bits per heavy atom. The van der Waals surface area contributed by atoms with Gasteiger partial charge in [0, 0.05) is 52.5 Å². The first-order chi connectivity index (χ1) is 14.4. The van der Waals surface area contributed by atoms with E-state index in [-0.39, 0.29) is 5.91 Å². The zero-order valence-corrected chi connectivity index (χ0v) is 17.0. The lowest BCUT2D eigenvalue weighted by molar-refractivity contribution is -0.125. The van der Waals surface area contributed by atoms with E-state index >= 15 is 0 Å². The molecule has 2 aromatic heterocycles. The molecule has 0 aliphatic carbocycles. The largest absolute Gasteiger partial charge is 0.341 e. The van der Waals surface area contributed by atoms with Crippen LogP contribution in [0.3, 0.4) is 0 Å². The number of aryl methyl sites for hydroxylation is 1. The molecule has 9 heteroatoms. The minimum absolute atomic E-state index is 0.155. The van der Waals surface area contributed by atoms with E-state index in [1.807, 2.05) is 24.3 Å². The summed E-state index contributed by atoms with van der Waals surface area (Å²) in [6.45, 7) is 2.66. The Kier molecular flexibility index (Phi) is 5.26. The lowest BCUT2D eigenvalue weighted by atomic mass is 10.2. The van der Waals surface area contributed by atoms with E-state index in [9.17, 15) is 14.4 Å². The molecule has 9 nitrogen and oxygen atoms in total. The molecule has 1 aliphatic heterocycles. The van der Waals surface area contributed by atoms with Crippen LogP contribution in [0.15, 0.2) is 46.1 Å². The van der Waals surface area contributed by atoms with Gasteiger partial charge in [-0.3, -0.25) is 14.2 Å². The first kappa shape index (κ1) is 19.7. The number of carbonyl (C=O) groups excluding carboxylic acids is 1. The smallest absolute Gasteiger partial charge is 0.330 e. The predicted molar refractivity (Wildman–Crippen MR) is 115 cm³/mol. The van der Waals surface area contributed by atoms with E-state index in [1.165, 1.54) is 30.0 Å². The zero-order valence-electron chi connectivity index (χ0n) is 17.0. The van der Waals surface area contributed by atoms with Crippen molar-refractivity contribution in [1.82, 2.24) is 24.0 Å². The maximum atomic E-state index is 12.7. The van der Waals surface area contributed by atoms with Crippen LogP contribution in [0.2, 0.25) is 0 Å². The van der Waals surface area contributed by atoms with Gasteiger partial charge in [-0.15, -0.1) is 0 Å². The number of aromatic nitrogens is 4. The molecule has 0 unspecified atom stereocenters. The number of hydrogen-bond donors (Lipinski definition) is 1. The van der Waals surface area contributed by atoms with Gasteiger partial charge < -0.3 is 19.4 Å². The number of aromatic amines is 1. The van der Waals surface area contributed by atoms with Gasteiger partial charge in [-0.05, 0) is 24.6 Å². The lowest BCUT2D eigenvalue weighted by Crippen LogP contribution is -2.37. The second-order valence-electron chi connectivity index (χ2n) is 7.42. The third kappa shape index (κ3) is 3.78. The van der Waals surface area contributed by atoms with Gasteiger partial charge in [-0.25, -0.2) is 9.78 Å². The minimum Gasteiger partial charge on any atom is -0.341 e. The topological polar surface area (TPSA) is 96.2 Å². The molecule has 0 spiro atoms. The summed E-state index contributed by atoms with van der Waals surface area (Å²) in [5.74, 6) is 0.659. The molecule has 156 valence electrons. The molecule has 1 fully saturated rings. The zero-order chi connectivity index (χ0) is 21.3. The highest BCUT2D eigenvalue weighted by atomic mass is 16.2. The first-order valence-corrected chi connectivity index (χ1v) is 9.87. The number of nitrogens with one attached hydrogen (secondary N) is 1. The number of para-hydroxylation sites is 2. The summed E-state index contributed by atoms with van der Waals surface area (Å²) in [5, 5.41) is 0. The molecule has 1 saturated heterocycles. The molecule has 1 aliphatic rings. The van der Waals surface area contributed by atoms with Crippen molar-refractivity contribution in [3.63, 3.8) is 0 Å². The van der Waals surface area contributed by atoms with Crippen molar-refractivity contribution in [3.05, 3.63) is 62.9 Å². The molecule has 1 amide bonds. The normalized spacial score (nSPS) is 15.1. The summed E-state index contributed by atoms with van der Waals surface area (Å²) in [4.78, 5) is 48.6. The third-order valence-electron chi connectivity index (χ3n) is 5.36. The summed E-state index contributed by atoms with van der Waals surface area (Å²) in [6, 6.07) is 7.89. The van der Waals surface area contributed by atoms with Crippen molar-refractivity contribution >= 4 is 29.0 Å². The van der Waals surface area contributed by atoms with Crippen LogP contribution in [-0.4, -0.2) is 56.1 Å². The molecule has 0 bridgehead atoms. The molecule has 30 heavy (non-hydrogen) atoms. The Morgan fingerprint density at radius 2 is 1.90 bits per heavy atom. The van der Waals surface area contributed by atoms with E-state index in [2.05, 4.69) is 14.9 Å². The predicted octanol–water partition coefficient (Wildman–Crippen LogP) is 0.712. The molecule has 3 heterocycles. The Labute approximate surface area is 172 Å². The van der Waals surface area contributed by atoms with Crippen LogP contribution in [0, 0.1) is 0 Å². The molecule has 4 rings (SSSR count). The number of nitrogens with zero attached hydrogens (tertiary/aromatic N) is 5. The maximum absolute atomic E-state index is 12.7. The number of imidazole rings is 1. The van der Waals surface area contributed by atoms with Gasteiger partial charge in [0.2, 0.25) is 11.9 Å². The second kappa shape index (κ2) is 8.02. The van der Waals surface area contributed by atoms with Gasteiger partial charge in [-0.1, -0.05) is 12.1 Å². The highest BCUT2D eigenvalue weighted by molar-refractivity contribution is 5.91. The van der Waals surface area contributed by atoms with Gasteiger partial charge in [-0.2, -0.15) is 0 Å². The number of benzene rings is 1. The highest BCUT2D eigenvalue weighted by Gasteiger charge is 2.20. The van der Waals surface area contributed by atoms with Crippen molar-refractivity contribution in [2.24, 2.45) is 14.1 Å². The Bertz CT molecular complexity index is 1200. The number of rotatable bonds is 3. The van der Waals surface area contributed by atoms with Crippen LogP contribution in [0.1, 0.15) is 12.0 Å². The van der Waals surface area contributed by atoms with E-state index in [0.717, 1.165) is 34.5 Å². The van der Waals surface area contributed by atoms with Crippen LogP contribution in [-0.2, 0) is 18.9 Å². The van der Waals surface area contributed by atoms with Gasteiger partial charge in [0.05, 0.1) is 16.6 Å². The first-order valence-electron chi connectivity index (χ1n) is 9.87. The van der Waals surface area contributed by atoms with Crippen molar-refractivity contribution in [3.8, 4) is 0 Å². The molecule has 0 radical (unpaired) electrons. The lowest BCUT2D eigenvalue weighted by Gasteiger charge is -2.20. The summed E-state index contributed by atoms with van der Waals surface area (Å²) >= 11 is 0. The highest BCUT2D eigenvalue weighted by Crippen LogP contribution is 2.18. The van der Waals surface area contributed by atoms with Gasteiger partial charge in [0.15, 0.2) is 0 Å². The van der Waals surface area contributed by atoms with E-state index in [0.29, 0.717) is 25.2 Å². The fourth-order valence-electron chi connectivity index (χ4n) is 3.66. The molecular formula is C21H24N6O3. The Balaban J connectivity index is 1.45. The Hall–Kier alpha value is -3.62. The average Bonchev–Trinajstić information content (AvgIpc) is 3.02. The molecular weight excluding hydrogens is 384 g/mol. The third-order valence-corrected chi connectivity index (χ3v) is 5.36. The molecule has 3 aromatic rings. The van der Waals surface area contributed by atoms with Gasteiger partial charge in [0.1, 0.15) is 0 Å².